The van der Waals surface area contributed by atoms with Crippen LogP contribution in [0.5, 0.6) is 0 Å². The third-order valence-corrected chi connectivity index (χ3v) is 4.66. The SMILES string of the molecule is CCN(CC)C(CC)(CC)C(=O)Cc1ccc(Br)cn1. The van der Waals surface area contributed by atoms with Crippen LogP contribution in [-0.2, 0) is 11.2 Å². The van der Waals surface area contributed by atoms with Crippen molar-refractivity contribution in [3.63, 3.8) is 0 Å². The van der Waals surface area contributed by atoms with E-state index in [0.717, 1.165) is 36.1 Å². The first-order valence-corrected chi connectivity index (χ1v) is 8.22. The van der Waals surface area contributed by atoms with Crippen LogP contribution in [0.2, 0.25) is 0 Å². The van der Waals surface area contributed by atoms with Crippen LogP contribution in [0.4, 0.5) is 0 Å². The maximum absolute atomic E-state index is 12.8. The predicted octanol–water partition coefficient (Wildman–Crippen LogP) is 3.86. The highest BCUT2D eigenvalue weighted by molar-refractivity contribution is 9.10. The molecule has 0 fully saturated rings. The molecule has 20 heavy (non-hydrogen) atoms. The van der Waals surface area contributed by atoms with Crippen LogP contribution in [0.15, 0.2) is 22.8 Å². The van der Waals surface area contributed by atoms with E-state index < -0.39 is 0 Å². The Morgan fingerprint density at radius 3 is 2.20 bits per heavy atom. The second kappa shape index (κ2) is 7.89. The van der Waals surface area contributed by atoms with Crippen LogP contribution >= 0.6 is 15.9 Å². The third kappa shape index (κ3) is 3.67. The van der Waals surface area contributed by atoms with Crippen LogP contribution in [0.25, 0.3) is 0 Å². The molecule has 0 atom stereocenters. The van der Waals surface area contributed by atoms with Gasteiger partial charge in [0.25, 0.3) is 0 Å². The summed E-state index contributed by atoms with van der Waals surface area (Å²) in [6.07, 6.45) is 3.85. The number of carbonyl (C=O) groups excluding carboxylic acids is 1. The van der Waals surface area contributed by atoms with Crippen molar-refractivity contribution in [3.05, 3.63) is 28.5 Å². The molecule has 0 N–H and O–H groups in total. The van der Waals surface area contributed by atoms with Gasteiger partial charge in [0.05, 0.1) is 12.0 Å². The van der Waals surface area contributed by atoms with Crippen LogP contribution in [0.1, 0.15) is 46.2 Å². The van der Waals surface area contributed by atoms with Crippen molar-refractivity contribution in [2.75, 3.05) is 13.1 Å². The average molecular weight is 341 g/mol. The van der Waals surface area contributed by atoms with Crippen LogP contribution < -0.4 is 0 Å². The van der Waals surface area contributed by atoms with E-state index in [-0.39, 0.29) is 11.3 Å². The highest BCUT2D eigenvalue weighted by atomic mass is 79.9. The van der Waals surface area contributed by atoms with E-state index in [1.165, 1.54) is 0 Å². The van der Waals surface area contributed by atoms with Crippen molar-refractivity contribution in [1.29, 1.82) is 0 Å². The first-order chi connectivity index (χ1) is 9.53. The van der Waals surface area contributed by atoms with Crippen molar-refractivity contribution < 1.29 is 4.79 Å². The number of Topliss-reactive ketones (excluding diaryl/α,β-unsaturated/α-hetero) is 1. The van der Waals surface area contributed by atoms with Gasteiger partial charge in [-0.3, -0.25) is 14.7 Å². The standard InChI is InChI=1S/C16H25BrN2O/c1-5-16(6-2,19(7-3)8-4)15(20)11-14-10-9-13(17)12-18-14/h9-10,12H,5-8,11H2,1-4H3. The Kier molecular flexibility index (Phi) is 6.83. The molecule has 0 aliphatic heterocycles. The molecule has 3 nitrogen and oxygen atoms in total. The van der Waals surface area contributed by atoms with Gasteiger partial charge in [0, 0.05) is 16.4 Å². The molecule has 1 aromatic rings. The molecule has 0 radical (unpaired) electrons. The molecule has 1 rings (SSSR count). The smallest absolute Gasteiger partial charge is 0.158 e. The van der Waals surface area contributed by atoms with Gasteiger partial charge < -0.3 is 0 Å². The Morgan fingerprint density at radius 1 is 1.20 bits per heavy atom. The Labute approximate surface area is 130 Å². The molecule has 1 heterocycles. The number of aromatic nitrogens is 1. The third-order valence-electron chi connectivity index (χ3n) is 4.19. The quantitative estimate of drug-likeness (QED) is 0.720. The van der Waals surface area contributed by atoms with E-state index in [1.54, 1.807) is 6.20 Å². The fourth-order valence-corrected chi connectivity index (χ4v) is 3.17. The largest absolute Gasteiger partial charge is 0.297 e. The number of ketones is 1. The molecular formula is C16H25BrN2O. The van der Waals surface area contributed by atoms with Crippen LogP contribution in [-0.4, -0.2) is 34.3 Å². The molecule has 0 aliphatic rings. The zero-order valence-corrected chi connectivity index (χ0v) is 14.5. The Bertz CT molecular complexity index is 423. The highest BCUT2D eigenvalue weighted by Gasteiger charge is 2.38. The van der Waals surface area contributed by atoms with E-state index in [0.29, 0.717) is 6.42 Å². The van der Waals surface area contributed by atoms with Gasteiger partial charge in [0.15, 0.2) is 5.78 Å². The molecule has 0 bridgehead atoms. The second-order valence-electron chi connectivity index (χ2n) is 4.98. The number of nitrogens with zero attached hydrogens (tertiary/aromatic N) is 2. The maximum Gasteiger partial charge on any atom is 0.158 e. The Morgan fingerprint density at radius 2 is 1.80 bits per heavy atom. The normalized spacial score (nSPS) is 11.9. The monoisotopic (exact) mass is 340 g/mol. The summed E-state index contributed by atoms with van der Waals surface area (Å²) in [5.41, 5.74) is 0.495. The summed E-state index contributed by atoms with van der Waals surface area (Å²) in [7, 11) is 0. The summed E-state index contributed by atoms with van der Waals surface area (Å²) in [5.74, 6) is 0.279. The van der Waals surface area contributed by atoms with Gasteiger partial charge in [-0.25, -0.2) is 0 Å². The van der Waals surface area contributed by atoms with Gasteiger partial charge in [-0.15, -0.1) is 0 Å². The molecule has 0 aliphatic carbocycles. The van der Waals surface area contributed by atoms with Gasteiger partial charge in [0.1, 0.15) is 0 Å². The van der Waals surface area contributed by atoms with E-state index in [9.17, 15) is 4.79 Å². The minimum absolute atomic E-state index is 0.279. The number of hydrogen-bond acceptors (Lipinski definition) is 3. The number of carbonyl (C=O) groups is 1. The zero-order valence-electron chi connectivity index (χ0n) is 12.9. The number of rotatable bonds is 8. The molecule has 0 unspecified atom stereocenters. The maximum atomic E-state index is 12.8. The Hall–Kier alpha value is -0.740. The van der Waals surface area contributed by atoms with E-state index in [4.69, 9.17) is 0 Å². The van der Waals surface area contributed by atoms with Gasteiger partial charge in [-0.1, -0.05) is 27.7 Å². The fraction of sp³-hybridized carbons (Fsp3) is 0.625. The summed E-state index contributed by atoms with van der Waals surface area (Å²) in [5, 5.41) is 0. The second-order valence-corrected chi connectivity index (χ2v) is 5.89. The summed E-state index contributed by atoms with van der Waals surface area (Å²) in [4.78, 5) is 19.5. The van der Waals surface area contributed by atoms with E-state index >= 15 is 0 Å². The zero-order chi connectivity index (χ0) is 15.2. The molecule has 1 aromatic heterocycles. The van der Waals surface area contributed by atoms with Gasteiger partial charge >= 0.3 is 0 Å². The minimum atomic E-state index is -0.349. The van der Waals surface area contributed by atoms with Crippen LogP contribution in [0.3, 0.4) is 0 Å². The first kappa shape index (κ1) is 17.3. The lowest BCUT2D eigenvalue weighted by Gasteiger charge is -2.41. The first-order valence-electron chi connectivity index (χ1n) is 7.42. The fourth-order valence-electron chi connectivity index (χ4n) is 2.94. The van der Waals surface area contributed by atoms with Crippen molar-refractivity contribution in [2.45, 2.75) is 52.5 Å². The van der Waals surface area contributed by atoms with Crippen molar-refractivity contribution >= 4 is 21.7 Å². The molecule has 112 valence electrons. The molecule has 0 spiro atoms. The molecular weight excluding hydrogens is 316 g/mol. The number of pyridine rings is 1. The molecule has 0 saturated heterocycles. The molecule has 4 heteroatoms. The summed E-state index contributed by atoms with van der Waals surface area (Å²) in [6.45, 7) is 10.3. The minimum Gasteiger partial charge on any atom is -0.297 e. The lowest BCUT2D eigenvalue weighted by molar-refractivity contribution is -0.131. The highest BCUT2D eigenvalue weighted by Crippen LogP contribution is 2.26. The van der Waals surface area contributed by atoms with Gasteiger partial charge in [-0.2, -0.15) is 0 Å². The summed E-state index contributed by atoms with van der Waals surface area (Å²) in [6, 6.07) is 3.85. The molecule has 0 aromatic carbocycles. The molecule has 0 amide bonds. The summed E-state index contributed by atoms with van der Waals surface area (Å²) < 4.78 is 0.940. The summed E-state index contributed by atoms with van der Waals surface area (Å²) >= 11 is 3.37. The van der Waals surface area contributed by atoms with E-state index in [1.807, 2.05) is 12.1 Å². The predicted molar refractivity (Wildman–Crippen MR) is 86.9 cm³/mol. The van der Waals surface area contributed by atoms with Crippen molar-refractivity contribution in [2.24, 2.45) is 0 Å². The topological polar surface area (TPSA) is 33.2 Å². The average Bonchev–Trinajstić information content (AvgIpc) is 2.47. The Balaban J connectivity index is 2.96. The van der Waals surface area contributed by atoms with Gasteiger partial charge in [-0.05, 0) is 54.0 Å². The van der Waals surface area contributed by atoms with Crippen LogP contribution in [0, 0.1) is 0 Å². The molecule has 0 saturated carbocycles. The lowest BCUT2D eigenvalue weighted by Crippen LogP contribution is -2.54. The number of halogens is 1. The number of likely N-dealkylation sites (N-methyl/N-ethyl adjacent to an activating group) is 1. The lowest BCUT2D eigenvalue weighted by atomic mass is 9.83. The number of hydrogen-bond donors (Lipinski definition) is 0. The van der Waals surface area contributed by atoms with Gasteiger partial charge in [0.2, 0.25) is 0 Å². The van der Waals surface area contributed by atoms with Crippen molar-refractivity contribution in [1.82, 2.24) is 9.88 Å². The van der Waals surface area contributed by atoms with Crippen molar-refractivity contribution in [3.8, 4) is 0 Å². The van der Waals surface area contributed by atoms with E-state index in [2.05, 4.69) is 53.5 Å².